The maximum absolute atomic E-state index is 13.2. The number of amides is 1. The summed E-state index contributed by atoms with van der Waals surface area (Å²) in [6.45, 7) is 2.58. The second kappa shape index (κ2) is 9.32. The SMILES string of the molecule is CCOC(=O)CCNC(=S)N1CCCN1C(=O)c1cnc(Cl)nc1C(F)(F)F. The molecule has 0 bridgehead atoms. The van der Waals surface area contributed by atoms with E-state index in [2.05, 4.69) is 15.3 Å². The number of nitrogens with one attached hydrogen (secondary N) is 1. The van der Waals surface area contributed by atoms with E-state index in [1.54, 1.807) is 6.92 Å². The maximum Gasteiger partial charge on any atom is 0.434 e. The summed E-state index contributed by atoms with van der Waals surface area (Å²) in [5, 5.41) is 4.72. The van der Waals surface area contributed by atoms with Crippen LogP contribution in [0.25, 0.3) is 0 Å². The fourth-order valence-corrected chi connectivity index (χ4v) is 2.93. The first-order valence-corrected chi connectivity index (χ1v) is 9.06. The fourth-order valence-electron chi connectivity index (χ4n) is 2.50. The van der Waals surface area contributed by atoms with Gasteiger partial charge in [0.15, 0.2) is 10.8 Å². The molecule has 0 aliphatic carbocycles. The van der Waals surface area contributed by atoms with E-state index in [4.69, 9.17) is 28.6 Å². The lowest BCUT2D eigenvalue weighted by Gasteiger charge is -2.30. The average molecular weight is 440 g/mol. The third-order valence-corrected chi connectivity index (χ3v) is 4.21. The van der Waals surface area contributed by atoms with Crippen molar-refractivity contribution in [1.82, 2.24) is 25.3 Å². The van der Waals surface area contributed by atoms with E-state index in [1.807, 2.05) is 0 Å². The Morgan fingerprint density at radius 1 is 1.36 bits per heavy atom. The summed E-state index contributed by atoms with van der Waals surface area (Å²) in [5.41, 5.74) is -2.14. The quantitative estimate of drug-likeness (QED) is 0.423. The molecule has 0 aromatic carbocycles. The molecule has 2 rings (SSSR count). The lowest BCUT2D eigenvalue weighted by atomic mass is 10.2. The first-order valence-electron chi connectivity index (χ1n) is 8.27. The Hall–Kier alpha value is -2.21. The van der Waals surface area contributed by atoms with Gasteiger partial charge in [-0.25, -0.2) is 15.0 Å². The molecule has 1 N–H and O–H groups in total. The molecule has 2 heterocycles. The van der Waals surface area contributed by atoms with Gasteiger partial charge in [0.2, 0.25) is 5.28 Å². The van der Waals surface area contributed by atoms with E-state index in [0.29, 0.717) is 13.0 Å². The van der Waals surface area contributed by atoms with Gasteiger partial charge in [-0.15, -0.1) is 0 Å². The summed E-state index contributed by atoms with van der Waals surface area (Å²) in [5.74, 6) is -1.36. The molecule has 1 aliphatic heterocycles. The zero-order valence-electron chi connectivity index (χ0n) is 14.8. The number of carbonyl (C=O) groups is 2. The van der Waals surface area contributed by atoms with Gasteiger partial charge in [-0.1, -0.05) is 0 Å². The van der Waals surface area contributed by atoms with Gasteiger partial charge in [-0.2, -0.15) is 13.2 Å². The van der Waals surface area contributed by atoms with Crippen molar-refractivity contribution in [1.29, 1.82) is 0 Å². The van der Waals surface area contributed by atoms with E-state index in [-0.39, 0.29) is 31.2 Å². The summed E-state index contributed by atoms with van der Waals surface area (Å²) < 4.78 is 44.5. The van der Waals surface area contributed by atoms with Crippen LogP contribution >= 0.6 is 23.8 Å². The zero-order valence-corrected chi connectivity index (χ0v) is 16.3. The van der Waals surface area contributed by atoms with Crippen molar-refractivity contribution in [2.45, 2.75) is 25.9 Å². The number of ether oxygens (including phenoxy) is 1. The molecule has 1 amide bonds. The minimum absolute atomic E-state index is 0.0546. The molecule has 0 saturated carbocycles. The molecule has 1 aliphatic rings. The summed E-state index contributed by atoms with van der Waals surface area (Å²) in [6.07, 6.45) is -3.57. The third-order valence-electron chi connectivity index (χ3n) is 3.67. The highest BCUT2D eigenvalue weighted by molar-refractivity contribution is 7.80. The number of rotatable bonds is 5. The Kier molecular flexibility index (Phi) is 7.35. The molecular weight excluding hydrogens is 423 g/mol. The molecule has 154 valence electrons. The second-order valence-electron chi connectivity index (χ2n) is 5.59. The van der Waals surface area contributed by atoms with Crippen molar-refractivity contribution in [3.63, 3.8) is 0 Å². The fraction of sp³-hybridized carbons (Fsp3) is 0.533. The van der Waals surface area contributed by atoms with Gasteiger partial charge in [0.25, 0.3) is 5.91 Å². The number of nitrogens with zero attached hydrogens (tertiary/aromatic N) is 4. The monoisotopic (exact) mass is 439 g/mol. The lowest BCUT2D eigenvalue weighted by Crippen LogP contribution is -2.49. The van der Waals surface area contributed by atoms with Crippen molar-refractivity contribution >= 4 is 40.8 Å². The van der Waals surface area contributed by atoms with Crippen molar-refractivity contribution in [2.24, 2.45) is 0 Å². The summed E-state index contributed by atoms with van der Waals surface area (Å²) in [6, 6.07) is 0. The average Bonchev–Trinajstić information content (AvgIpc) is 3.10. The minimum atomic E-state index is -4.87. The molecular formula is C15H17ClF3N5O3S. The highest BCUT2D eigenvalue weighted by Crippen LogP contribution is 2.32. The number of esters is 1. The van der Waals surface area contributed by atoms with Gasteiger partial charge < -0.3 is 10.1 Å². The van der Waals surface area contributed by atoms with E-state index >= 15 is 0 Å². The van der Waals surface area contributed by atoms with Crippen molar-refractivity contribution in [3.05, 3.63) is 22.7 Å². The van der Waals surface area contributed by atoms with Crippen LogP contribution in [-0.4, -0.2) is 63.2 Å². The molecule has 0 spiro atoms. The number of hydrogen-bond acceptors (Lipinski definition) is 6. The van der Waals surface area contributed by atoms with Crippen LogP contribution in [0.1, 0.15) is 35.8 Å². The number of halogens is 4. The van der Waals surface area contributed by atoms with Crippen LogP contribution in [-0.2, 0) is 15.7 Å². The smallest absolute Gasteiger partial charge is 0.434 e. The van der Waals surface area contributed by atoms with Gasteiger partial charge in [-0.3, -0.25) is 14.6 Å². The first-order chi connectivity index (χ1) is 13.1. The Morgan fingerprint density at radius 2 is 2.04 bits per heavy atom. The Bertz CT molecular complexity index is 765. The molecule has 0 unspecified atom stereocenters. The van der Waals surface area contributed by atoms with Crippen LogP contribution < -0.4 is 5.32 Å². The molecule has 0 atom stereocenters. The van der Waals surface area contributed by atoms with E-state index in [0.717, 1.165) is 11.2 Å². The van der Waals surface area contributed by atoms with Gasteiger partial charge >= 0.3 is 12.1 Å². The van der Waals surface area contributed by atoms with Crippen LogP contribution in [0.2, 0.25) is 5.28 Å². The topological polar surface area (TPSA) is 87.7 Å². The lowest BCUT2D eigenvalue weighted by molar-refractivity contribution is -0.143. The molecule has 13 heteroatoms. The van der Waals surface area contributed by atoms with Crippen molar-refractivity contribution in [3.8, 4) is 0 Å². The van der Waals surface area contributed by atoms with Gasteiger partial charge in [-0.05, 0) is 37.2 Å². The van der Waals surface area contributed by atoms with E-state index in [9.17, 15) is 22.8 Å². The van der Waals surface area contributed by atoms with Gasteiger partial charge in [0, 0.05) is 25.8 Å². The predicted molar refractivity (Wildman–Crippen MR) is 96.3 cm³/mol. The van der Waals surface area contributed by atoms with Crippen LogP contribution in [0, 0.1) is 0 Å². The number of hydrogen-bond donors (Lipinski definition) is 1. The molecule has 1 fully saturated rings. The minimum Gasteiger partial charge on any atom is -0.466 e. The number of alkyl halides is 3. The predicted octanol–water partition coefficient (Wildman–Crippen LogP) is 2.04. The van der Waals surface area contributed by atoms with E-state index in [1.165, 1.54) is 5.01 Å². The third kappa shape index (κ3) is 5.41. The molecule has 1 aromatic heterocycles. The summed E-state index contributed by atoms with van der Waals surface area (Å²) >= 11 is 10.6. The Balaban J connectivity index is 2.11. The number of carbonyl (C=O) groups excluding carboxylic acids is 2. The zero-order chi connectivity index (χ0) is 20.9. The first kappa shape index (κ1) is 22.1. The number of aromatic nitrogens is 2. The number of hydrazine groups is 1. The normalized spacial score (nSPS) is 14.2. The van der Waals surface area contributed by atoms with Crippen LogP contribution in [0.3, 0.4) is 0 Å². The standard InChI is InChI=1S/C15H17ClF3N5O3S/c1-2-27-10(25)4-5-20-14(28)24-7-3-6-23(24)12(26)9-8-21-13(16)22-11(9)15(17,18)19/h8H,2-7H2,1H3,(H,20,28). The number of thiocarbonyl (C=S) groups is 1. The van der Waals surface area contributed by atoms with Crippen LogP contribution in [0.5, 0.6) is 0 Å². The second-order valence-corrected chi connectivity index (χ2v) is 6.32. The van der Waals surface area contributed by atoms with Gasteiger partial charge in [0.1, 0.15) is 0 Å². The largest absolute Gasteiger partial charge is 0.466 e. The molecule has 0 radical (unpaired) electrons. The molecule has 28 heavy (non-hydrogen) atoms. The summed E-state index contributed by atoms with van der Waals surface area (Å²) in [4.78, 5) is 30.7. The molecule has 8 nitrogen and oxygen atoms in total. The molecule has 1 aromatic rings. The van der Waals surface area contributed by atoms with Crippen LogP contribution in [0.4, 0.5) is 13.2 Å². The highest BCUT2D eigenvalue weighted by atomic mass is 35.5. The van der Waals surface area contributed by atoms with Crippen LogP contribution in [0.15, 0.2) is 6.20 Å². The van der Waals surface area contributed by atoms with Gasteiger partial charge in [0.05, 0.1) is 18.6 Å². The van der Waals surface area contributed by atoms with E-state index < -0.39 is 34.6 Å². The van der Waals surface area contributed by atoms with Crippen molar-refractivity contribution in [2.75, 3.05) is 26.2 Å². The highest BCUT2D eigenvalue weighted by Gasteiger charge is 2.40. The molecule has 1 saturated heterocycles. The Morgan fingerprint density at radius 3 is 2.68 bits per heavy atom. The maximum atomic E-state index is 13.2. The summed E-state index contributed by atoms with van der Waals surface area (Å²) in [7, 11) is 0. The van der Waals surface area contributed by atoms with Crippen molar-refractivity contribution < 1.29 is 27.5 Å². The Labute approximate surface area is 169 Å².